The molecule has 0 saturated carbocycles. The smallest absolute Gasteiger partial charge is 0.308 e. The Morgan fingerprint density at radius 2 is 1.93 bits per heavy atom. The number of fused-ring (bicyclic) bond motifs is 2. The standard InChI is InChI=1S/C39H42Cl2N2O9S3/c1-23(51-34(44)9-4-3-7-28-14-17-53-54-28)52-39(47)32(19-24-6-5-8-29(18-24)55(2,48)49)42-37(45)35-31(40)20-27-22-43(15-12-30(27)36(35)41)38(46)26-11-10-25-13-16-50-33(25)21-26/h5-6,8,10-11,13,16,18,20-21,23,28,32,39,47H,3-4,7,9,12,14-15,17,19,22H2,1-2H3,(H,42,45)/t23?,28-,32+,39?/m1/s1. The van der Waals surface area contributed by atoms with E-state index in [9.17, 15) is 27.9 Å². The number of amides is 2. The lowest BCUT2D eigenvalue weighted by molar-refractivity contribution is -0.227. The minimum absolute atomic E-state index is 0.0266. The Balaban J connectivity index is 1.14. The molecule has 4 aromatic rings. The van der Waals surface area contributed by atoms with E-state index in [4.69, 9.17) is 37.1 Å². The first-order valence-corrected chi connectivity index (χ1v) is 23.0. The van der Waals surface area contributed by atoms with Crippen LogP contribution in [-0.4, -0.2) is 78.6 Å². The summed E-state index contributed by atoms with van der Waals surface area (Å²) in [5, 5.41) is 15.7. The van der Waals surface area contributed by atoms with E-state index in [1.165, 1.54) is 25.5 Å². The molecule has 0 spiro atoms. The van der Waals surface area contributed by atoms with Crippen LogP contribution in [0.2, 0.25) is 10.0 Å². The molecule has 2 aliphatic rings. The van der Waals surface area contributed by atoms with E-state index in [0.717, 1.165) is 30.2 Å². The highest BCUT2D eigenvalue weighted by Crippen LogP contribution is 2.40. The molecule has 16 heteroatoms. The maximum Gasteiger partial charge on any atom is 0.308 e. The molecule has 2 unspecified atom stereocenters. The van der Waals surface area contributed by atoms with E-state index < -0.39 is 40.3 Å². The number of sulfone groups is 1. The summed E-state index contributed by atoms with van der Waals surface area (Å²) in [4.78, 5) is 41.7. The number of carbonyl (C=O) groups excluding carboxylic acids is 3. The van der Waals surface area contributed by atoms with E-state index in [0.29, 0.717) is 52.5 Å². The molecule has 1 saturated heterocycles. The van der Waals surface area contributed by atoms with Crippen LogP contribution in [0, 0.1) is 0 Å². The summed E-state index contributed by atoms with van der Waals surface area (Å²) in [6.07, 6.45) is 4.09. The number of aliphatic hydroxyl groups is 1. The van der Waals surface area contributed by atoms with E-state index in [-0.39, 0.29) is 45.8 Å². The number of nitrogens with one attached hydrogen (secondary N) is 1. The van der Waals surface area contributed by atoms with Gasteiger partial charge in [-0.15, -0.1) is 0 Å². The molecule has 6 rings (SSSR count). The Labute approximate surface area is 338 Å². The molecule has 55 heavy (non-hydrogen) atoms. The van der Waals surface area contributed by atoms with Crippen LogP contribution in [0.25, 0.3) is 11.0 Å². The third-order valence-corrected chi connectivity index (χ3v) is 14.4. The molecule has 2 amide bonds. The van der Waals surface area contributed by atoms with E-state index in [2.05, 4.69) is 5.32 Å². The van der Waals surface area contributed by atoms with Crippen molar-refractivity contribution in [1.82, 2.24) is 10.2 Å². The van der Waals surface area contributed by atoms with Gasteiger partial charge in [0.1, 0.15) is 5.58 Å². The van der Waals surface area contributed by atoms with Gasteiger partial charge < -0.3 is 29.2 Å². The van der Waals surface area contributed by atoms with Crippen LogP contribution in [0.4, 0.5) is 0 Å². The van der Waals surface area contributed by atoms with Gasteiger partial charge in [-0.2, -0.15) is 0 Å². The molecule has 4 atom stereocenters. The molecule has 0 aliphatic carbocycles. The number of esters is 1. The van der Waals surface area contributed by atoms with Crippen LogP contribution in [0.1, 0.15) is 76.4 Å². The lowest BCUT2D eigenvalue weighted by Gasteiger charge is -2.31. The van der Waals surface area contributed by atoms with Crippen molar-refractivity contribution < 1.29 is 41.8 Å². The van der Waals surface area contributed by atoms with Gasteiger partial charge in [-0.1, -0.05) is 69.4 Å². The Kier molecular flexibility index (Phi) is 13.8. The van der Waals surface area contributed by atoms with E-state index in [1.807, 2.05) is 33.7 Å². The zero-order valence-electron chi connectivity index (χ0n) is 30.3. The molecule has 0 bridgehead atoms. The number of furan rings is 1. The topological polar surface area (TPSA) is 152 Å². The molecular weight excluding hydrogens is 808 g/mol. The molecule has 3 heterocycles. The second-order valence-electron chi connectivity index (χ2n) is 13.7. The molecule has 11 nitrogen and oxygen atoms in total. The van der Waals surface area contributed by atoms with E-state index in [1.54, 1.807) is 41.5 Å². The molecule has 0 radical (unpaired) electrons. The highest BCUT2D eigenvalue weighted by atomic mass is 35.5. The zero-order valence-corrected chi connectivity index (χ0v) is 34.3. The van der Waals surface area contributed by atoms with Crippen molar-refractivity contribution in [2.75, 3.05) is 18.6 Å². The average Bonchev–Trinajstić information content (AvgIpc) is 3.84. The maximum absolute atomic E-state index is 13.9. The Bertz CT molecular complexity index is 2160. The fourth-order valence-corrected chi connectivity index (χ4v) is 11.2. The lowest BCUT2D eigenvalue weighted by atomic mass is 9.95. The summed E-state index contributed by atoms with van der Waals surface area (Å²) in [5.74, 6) is -0.215. The number of unbranched alkanes of at least 4 members (excludes halogenated alkanes) is 1. The van der Waals surface area contributed by atoms with Crippen molar-refractivity contribution in [2.24, 2.45) is 0 Å². The minimum atomic E-state index is -3.55. The van der Waals surface area contributed by atoms with Gasteiger partial charge in [0, 0.05) is 47.7 Å². The normalized spacial score (nSPS) is 17.4. The Hall–Kier alpha value is -3.24. The predicted octanol–water partition coefficient (Wildman–Crippen LogP) is 7.62. The monoisotopic (exact) mass is 848 g/mol. The number of carbonyl (C=O) groups is 3. The zero-order chi connectivity index (χ0) is 39.3. The number of hydrogen-bond donors (Lipinski definition) is 2. The SMILES string of the molecule is CC(OC(=O)CCCC[C@@H]1CCSS1)OC(O)[C@H](Cc1cccc(S(C)(=O)=O)c1)NC(=O)c1c(Cl)cc2c(c1Cl)CCN(C(=O)c1ccc3ccoc3c1)C2. The summed E-state index contributed by atoms with van der Waals surface area (Å²) < 4.78 is 41.1. The first-order chi connectivity index (χ1) is 26.3. The number of halogens is 2. The number of rotatable bonds is 15. The molecule has 3 aromatic carbocycles. The van der Waals surface area contributed by atoms with E-state index >= 15 is 0 Å². The highest BCUT2D eigenvalue weighted by Gasteiger charge is 2.31. The van der Waals surface area contributed by atoms with Gasteiger partial charge >= 0.3 is 5.97 Å². The van der Waals surface area contributed by atoms with Crippen LogP contribution < -0.4 is 5.32 Å². The van der Waals surface area contributed by atoms with Gasteiger partial charge in [-0.25, -0.2) is 8.42 Å². The van der Waals surface area contributed by atoms with Crippen LogP contribution >= 0.6 is 44.8 Å². The van der Waals surface area contributed by atoms with Crippen molar-refractivity contribution in [3.05, 3.63) is 98.7 Å². The molecule has 1 aromatic heterocycles. The second-order valence-corrected chi connectivity index (χ2v) is 19.3. The summed E-state index contributed by atoms with van der Waals surface area (Å²) in [5.41, 5.74) is 2.90. The van der Waals surface area contributed by atoms with Gasteiger partial charge in [0.25, 0.3) is 11.8 Å². The van der Waals surface area contributed by atoms with Gasteiger partial charge in [0.05, 0.1) is 32.8 Å². The van der Waals surface area contributed by atoms with Crippen LogP contribution in [0.5, 0.6) is 0 Å². The first-order valence-electron chi connectivity index (χ1n) is 17.9. The van der Waals surface area contributed by atoms with Crippen LogP contribution in [-0.2, 0) is 43.5 Å². The second kappa shape index (κ2) is 18.4. The fraction of sp³-hybridized carbons (Fsp3) is 0.410. The third-order valence-electron chi connectivity index (χ3n) is 9.58. The minimum Gasteiger partial charge on any atom is -0.464 e. The fourth-order valence-electron chi connectivity index (χ4n) is 6.69. The maximum atomic E-state index is 13.9. The molecule has 2 N–H and O–H groups in total. The molecular formula is C39H42Cl2N2O9S3. The van der Waals surface area contributed by atoms with Gasteiger partial charge in [0.2, 0.25) is 6.29 Å². The lowest BCUT2D eigenvalue weighted by Crippen LogP contribution is -2.47. The highest BCUT2D eigenvalue weighted by molar-refractivity contribution is 8.77. The molecule has 294 valence electrons. The van der Waals surface area contributed by atoms with Gasteiger partial charge in [-0.05, 0) is 92.1 Å². The quantitative estimate of drug-likeness (QED) is 0.0526. The van der Waals surface area contributed by atoms with Crippen LogP contribution in [0.3, 0.4) is 0 Å². The first kappa shape index (κ1) is 41.4. The van der Waals surface area contributed by atoms with Crippen molar-refractivity contribution in [3.63, 3.8) is 0 Å². The van der Waals surface area contributed by atoms with Crippen molar-refractivity contribution in [1.29, 1.82) is 0 Å². The number of benzene rings is 3. The largest absolute Gasteiger partial charge is 0.464 e. The van der Waals surface area contributed by atoms with Crippen LogP contribution in [0.15, 0.2) is 70.2 Å². The number of nitrogens with zero attached hydrogens (tertiary/aromatic N) is 1. The number of hydrogen-bond acceptors (Lipinski definition) is 11. The molecule has 2 aliphatic heterocycles. The Morgan fingerprint density at radius 3 is 2.69 bits per heavy atom. The molecule has 1 fully saturated rings. The third kappa shape index (κ3) is 10.6. The van der Waals surface area contributed by atoms with Crippen molar-refractivity contribution >= 4 is 83.4 Å². The summed E-state index contributed by atoms with van der Waals surface area (Å²) >= 11 is 13.6. The summed E-state index contributed by atoms with van der Waals surface area (Å²) in [7, 11) is 0.225. The Morgan fingerprint density at radius 1 is 1.11 bits per heavy atom. The van der Waals surface area contributed by atoms with Crippen molar-refractivity contribution in [2.45, 2.75) is 87.2 Å². The van der Waals surface area contributed by atoms with Gasteiger partial charge in [0.15, 0.2) is 16.1 Å². The summed E-state index contributed by atoms with van der Waals surface area (Å²) in [6, 6.07) is 13.7. The number of aliphatic hydroxyl groups excluding tert-OH is 1. The number of ether oxygens (including phenoxy) is 2. The predicted molar refractivity (Wildman–Crippen MR) is 215 cm³/mol. The van der Waals surface area contributed by atoms with Crippen molar-refractivity contribution in [3.8, 4) is 0 Å². The summed E-state index contributed by atoms with van der Waals surface area (Å²) in [6.45, 7) is 2.02. The van der Waals surface area contributed by atoms with Gasteiger partial charge in [-0.3, -0.25) is 14.4 Å². The average molecular weight is 850 g/mol.